The molecule has 3 saturated heterocycles. The summed E-state index contributed by atoms with van der Waals surface area (Å²) in [5.41, 5.74) is 0.615. The minimum absolute atomic E-state index is 0.0131. The summed E-state index contributed by atoms with van der Waals surface area (Å²) in [6.07, 6.45) is 9.99. The van der Waals surface area contributed by atoms with Gasteiger partial charge in [-0.05, 0) is 63.7 Å². The molecule has 3 rings (SSSR count). The molecule has 3 fully saturated rings. The lowest BCUT2D eigenvalue weighted by Crippen LogP contribution is -2.57. The highest BCUT2D eigenvalue weighted by Gasteiger charge is 2.61. The van der Waals surface area contributed by atoms with Crippen LogP contribution in [0.5, 0.6) is 0 Å². The summed E-state index contributed by atoms with van der Waals surface area (Å²) in [5.74, 6) is -0.696. The number of rotatable bonds is 12. The lowest BCUT2D eigenvalue weighted by atomic mass is 9.87. The summed E-state index contributed by atoms with van der Waals surface area (Å²) in [6, 6.07) is -0.117. The Hall–Kier alpha value is -2.31. The van der Waals surface area contributed by atoms with E-state index in [1.54, 1.807) is 13.0 Å². The summed E-state index contributed by atoms with van der Waals surface area (Å²) in [6.45, 7) is 20.9. The van der Waals surface area contributed by atoms with Gasteiger partial charge in [0.15, 0.2) is 8.32 Å². The summed E-state index contributed by atoms with van der Waals surface area (Å²) in [5, 5.41) is 3.05. The Bertz CT molecular complexity index is 1170. The van der Waals surface area contributed by atoms with E-state index in [2.05, 4.69) is 65.2 Å². The highest BCUT2D eigenvalue weighted by atomic mass is 28.4. The van der Waals surface area contributed by atoms with Gasteiger partial charge in [0.25, 0.3) is 0 Å². The molecular formula is C35H57NO9Si. The average Bonchev–Trinajstić information content (AvgIpc) is 3.71. The van der Waals surface area contributed by atoms with Crippen molar-refractivity contribution in [3.8, 4) is 0 Å². The van der Waals surface area contributed by atoms with Crippen LogP contribution in [0.1, 0.15) is 81.1 Å². The first-order chi connectivity index (χ1) is 21.4. The number of carbonyl (C=O) groups is 3. The molecule has 0 aromatic heterocycles. The van der Waals surface area contributed by atoms with E-state index in [4.69, 9.17) is 28.1 Å². The molecule has 3 aliphatic heterocycles. The molecule has 1 amide bonds. The zero-order valence-electron chi connectivity index (χ0n) is 29.7. The van der Waals surface area contributed by atoms with Gasteiger partial charge in [0.1, 0.15) is 23.9 Å². The minimum atomic E-state index is -2.15. The fraction of sp³-hybridized carbons (Fsp3) is 0.743. The van der Waals surface area contributed by atoms with Crippen molar-refractivity contribution in [2.75, 3.05) is 13.7 Å². The Morgan fingerprint density at radius 2 is 1.78 bits per heavy atom. The number of esters is 2. The zero-order chi connectivity index (χ0) is 34.4. The maximum Gasteiger partial charge on any atom is 0.308 e. The molecule has 10 nitrogen and oxygen atoms in total. The van der Waals surface area contributed by atoms with Crippen molar-refractivity contribution in [2.24, 2.45) is 5.92 Å². The maximum atomic E-state index is 12.5. The van der Waals surface area contributed by atoms with Crippen molar-refractivity contribution in [3.63, 3.8) is 0 Å². The summed E-state index contributed by atoms with van der Waals surface area (Å²) in [7, 11) is -0.754. The van der Waals surface area contributed by atoms with Gasteiger partial charge in [-0.1, -0.05) is 51.5 Å². The van der Waals surface area contributed by atoms with E-state index in [9.17, 15) is 14.4 Å². The number of amides is 1. The van der Waals surface area contributed by atoms with E-state index < -0.39 is 20.0 Å². The van der Waals surface area contributed by atoms with E-state index in [0.717, 1.165) is 18.4 Å². The first-order valence-corrected chi connectivity index (χ1v) is 19.5. The SMILES string of the molecule is COC(=O)C[C@@H]1C[C@@]2(CO2)C(O[Si](C)(C)C(C)(C)C)[C@@H](/C=C/C(C)=C/C[C@@H]2O[C@H](C)[C@H](NC(=O)/C=C\[C@H](C)OC(C)=O)C[C@@H]2C)O1. The van der Waals surface area contributed by atoms with Crippen LogP contribution in [-0.2, 0) is 42.5 Å². The van der Waals surface area contributed by atoms with Crippen LogP contribution in [0.25, 0.3) is 0 Å². The Kier molecular flexibility index (Phi) is 13.0. The molecule has 9 atom stereocenters. The highest BCUT2D eigenvalue weighted by Crippen LogP contribution is 2.48. The molecule has 46 heavy (non-hydrogen) atoms. The second kappa shape index (κ2) is 15.7. The van der Waals surface area contributed by atoms with Gasteiger partial charge in [0.2, 0.25) is 5.91 Å². The van der Waals surface area contributed by atoms with E-state index in [1.807, 2.05) is 13.0 Å². The molecule has 0 aromatic rings. The van der Waals surface area contributed by atoms with Crippen LogP contribution >= 0.6 is 0 Å². The molecule has 1 unspecified atom stereocenters. The summed E-state index contributed by atoms with van der Waals surface area (Å²) in [4.78, 5) is 35.7. The molecule has 0 saturated carbocycles. The third-order valence-corrected chi connectivity index (χ3v) is 14.2. The van der Waals surface area contributed by atoms with E-state index >= 15 is 0 Å². The number of hydrogen-bond donors (Lipinski definition) is 1. The van der Waals surface area contributed by atoms with Crippen molar-refractivity contribution < 1.29 is 42.5 Å². The van der Waals surface area contributed by atoms with E-state index in [-0.39, 0.29) is 71.8 Å². The van der Waals surface area contributed by atoms with Gasteiger partial charge >= 0.3 is 11.9 Å². The lowest BCUT2D eigenvalue weighted by molar-refractivity contribution is -0.156. The predicted molar refractivity (Wildman–Crippen MR) is 179 cm³/mol. The molecule has 1 N–H and O–H groups in total. The number of epoxide rings is 1. The molecule has 3 aliphatic rings. The summed E-state index contributed by atoms with van der Waals surface area (Å²) < 4.78 is 35.8. The quantitative estimate of drug-likeness (QED) is 0.0940. The van der Waals surface area contributed by atoms with Crippen molar-refractivity contribution in [1.29, 1.82) is 0 Å². The van der Waals surface area contributed by atoms with Crippen LogP contribution in [0.3, 0.4) is 0 Å². The van der Waals surface area contributed by atoms with Crippen LogP contribution in [0.15, 0.2) is 36.0 Å². The lowest BCUT2D eigenvalue weighted by Gasteiger charge is -2.46. The van der Waals surface area contributed by atoms with Crippen LogP contribution in [0, 0.1) is 5.92 Å². The monoisotopic (exact) mass is 663 g/mol. The number of allylic oxidation sites excluding steroid dienone is 2. The molecule has 1 spiro atoms. The minimum Gasteiger partial charge on any atom is -0.469 e. The molecule has 11 heteroatoms. The standard InChI is InChI=1S/C35H57NO9Si/c1-22(12-15-29-23(2)18-28(25(4)43-29)36-31(38)17-14-24(3)42-26(5)37)13-16-30-33(45-46(10,11)34(6,7)8)35(21-41-35)20-27(44-30)19-32(39)40-9/h12-14,16-17,23-25,27-30,33H,15,18-21H2,1-11H3,(H,36,38)/b16-13+,17-14-,22-12+/t23-,24-,25+,27+,28+,29-,30+,33?,35+/m0/s1. The number of methoxy groups -OCH3 is 1. The van der Waals surface area contributed by atoms with Crippen LogP contribution < -0.4 is 5.32 Å². The predicted octanol–water partition coefficient (Wildman–Crippen LogP) is 5.57. The topological polar surface area (TPSA) is 122 Å². The van der Waals surface area contributed by atoms with Gasteiger partial charge < -0.3 is 33.4 Å². The molecule has 0 aromatic carbocycles. The van der Waals surface area contributed by atoms with E-state index in [0.29, 0.717) is 13.0 Å². The largest absolute Gasteiger partial charge is 0.469 e. The third-order valence-electron chi connectivity index (χ3n) is 9.74. The molecule has 260 valence electrons. The maximum absolute atomic E-state index is 12.5. The highest BCUT2D eigenvalue weighted by molar-refractivity contribution is 6.74. The number of nitrogens with one attached hydrogen (secondary N) is 1. The first kappa shape index (κ1) is 38.1. The van der Waals surface area contributed by atoms with Crippen molar-refractivity contribution in [1.82, 2.24) is 5.32 Å². The third kappa shape index (κ3) is 10.6. The normalized spacial score (nSPS) is 32.8. The van der Waals surface area contributed by atoms with Gasteiger partial charge in [-0.2, -0.15) is 0 Å². The number of ether oxygens (including phenoxy) is 5. The van der Waals surface area contributed by atoms with Gasteiger partial charge in [-0.3, -0.25) is 14.4 Å². The fourth-order valence-electron chi connectivity index (χ4n) is 5.81. The second-order valence-electron chi connectivity index (χ2n) is 14.8. The van der Waals surface area contributed by atoms with Crippen molar-refractivity contribution >= 4 is 26.2 Å². The molecule has 3 heterocycles. The fourth-order valence-corrected chi connectivity index (χ4v) is 7.14. The van der Waals surface area contributed by atoms with Crippen LogP contribution in [0.2, 0.25) is 18.1 Å². The average molecular weight is 664 g/mol. The second-order valence-corrected chi connectivity index (χ2v) is 19.5. The van der Waals surface area contributed by atoms with Gasteiger partial charge in [0, 0.05) is 19.4 Å². The van der Waals surface area contributed by atoms with Gasteiger partial charge in [-0.15, -0.1) is 0 Å². The smallest absolute Gasteiger partial charge is 0.308 e. The Morgan fingerprint density at radius 3 is 2.37 bits per heavy atom. The zero-order valence-corrected chi connectivity index (χ0v) is 30.7. The number of carbonyl (C=O) groups excluding carboxylic acids is 3. The van der Waals surface area contributed by atoms with Gasteiger partial charge in [0.05, 0.1) is 44.5 Å². The van der Waals surface area contributed by atoms with Crippen molar-refractivity contribution in [2.45, 2.75) is 147 Å². The molecule has 0 aliphatic carbocycles. The Balaban J connectivity index is 1.64. The first-order valence-electron chi connectivity index (χ1n) is 16.6. The summed E-state index contributed by atoms with van der Waals surface area (Å²) >= 11 is 0. The van der Waals surface area contributed by atoms with E-state index in [1.165, 1.54) is 20.1 Å². The molecular weight excluding hydrogens is 606 g/mol. The van der Waals surface area contributed by atoms with Crippen LogP contribution in [0.4, 0.5) is 0 Å². The number of hydrogen-bond acceptors (Lipinski definition) is 9. The van der Waals surface area contributed by atoms with Crippen molar-refractivity contribution in [3.05, 3.63) is 36.0 Å². The molecule has 0 bridgehead atoms. The van der Waals surface area contributed by atoms with Crippen LogP contribution in [-0.4, -0.2) is 88.1 Å². The Labute approximate surface area is 276 Å². The molecule has 0 radical (unpaired) electrons. The van der Waals surface area contributed by atoms with Gasteiger partial charge in [-0.25, -0.2) is 0 Å². The Morgan fingerprint density at radius 1 is 1.11 bits per heavy atom.